The number of piperidine rings is 1. The van der Waals surface area contributed by atoms with Gasteiger partial charge in [0.25, 0.3) is 0 Å². The van der Waals surface area contributed by atoms with Crippen LogP contribution in [0.3, 0.4) is 0 Å². The summed E-state index contributed by atoms with van der Waals surface area (Å²) in [7, 11) is 0. The molecule has 0 aliphatic carbocycles. The number of hydrogen-bond donors (Lipinski definition) is 3. The SMILES string of the molecule is CC[C@H]1CCCCN1C(=O)C[C@H](C(=O)N[C@@H](C)c1nc2ccccc2[nH]1)C(CC(C)C)C(N)=O. The summed E-state index contributed by atoms with van der Waals surface area (Å²) in [6.45, 7) is 8.60. The molecule has 0 spiro atoms. The van der Waals surface area contributed by atoms with Crippen molar-refractivity contribution in [2.45, 2.75) is 78.3 Å². The maximum atomic E-state index is 13.5. The number of rotatable bonds is 10. The van der Waals surface area contributed by atoms with Crippen molar-refractivity contribution >= 4 is 28.8 Å². The van der Waals surface area contributed by atoms with Gasteiger partial charge in [0.2, 0.25) is 17.7 Å². The van der Waals surface area contributed by atoms with Crippen molar-refractivity contribution in [2.75, 3.05) is 6.54 Å². The number of benzene rings is 1. The first-order valence-electron chi connectivity index (χ1n) is 12.5. The van der Waals surface area contributed by atoms with Crippen LogP contribution >= 0.6 is 0 Å². The molecule has 0 saturated carbocycles. The van der Waals surface area contributed by atoms with E-state index < -0.39 is 23.8 Å². The number of imidazole rings is 1. The number of hydrogen-bond acceptors (Lipinski definition) is 4. The van der Waals surface area contributed by atoms with Gasteiger partial charge in [-0.3, -0.25) is 14.4 Å². The molecule has 1 aromatic carbocycles. The zero-order valence-electron chi connectivity index (χ0n) is 20.8. The van der Waals surface area contributed by atoms with Crippen molar-refractivity contribution in [1.29, 1.82) is 0 Å². The molecule has 1 saturated heterocycles. The molecule has 3 rings (SSSR count). The Morgan fingerprint density at radius 2 is 1.91 bits per heavy atom. The molecule has 4 N–H and O–H groups in total. The van der Waals surface area contributed by atoms with E-state index in [-0.39, 0.29) is 30.2 Å². The third-order valence-electron chi connectivity index (χ3n) is 6.90. The third-order valence-corrected chi connectivity index (χ3v) is 6.90. The first-order valence-corrected chi connectivity index (χ1v) is 12.5. The minimum absolute atomic E-state index is 0.0183. The van der Waals surface area contributed by atoms with Crippen molar-refractivity contribution in [3.05, 3.63) is 30.1 Å². The van der Waals surface area contributed by atoms with E-state index in [2.05, 4.69) is 22.2 Å². The molecule has 8 nitrogen and oxygen atoms in total. The summed E-state index contributed by atoms with van der Waals surface area (Å²) in [6, 6.07) is 7.43. The number of carbonyl (C=O) groups is 3. The highest BCUT2D eigenvalue weighted by atomic mass is 16.2. The smallest absolute Gasteiger partial charge is 0.225 e. The van der Waals surface area contributed by atoms with Crippen LogP contribution in [0.15, 0.2) is 24.3 Å². The van der Waals surface area contributed by atoms with Crippen molar-refractivity contribution < 1.29 is 14.4 Å². The largest absolute Gasteiger partial charge is 0.369 e. The number of nitrogens with one attached hydrogen (secondary N) is 2. The molecule has 0 radical (unpaired) electrons. The van der Waals surface area contributed by atoms with Crippen molar-refractivity contribution in [3.63, 3.8) is 0 Å². The Labute approximate surface area is 202 Å². The topological polar surface area (TPSA) is 121 Å². The Balaban J connectivity index is 1.81. The van der Waals surface area contributed by atoms with Crippen LogP contribution in [0.5, 0.6) is 0 Å². The first kappa shape index (κ1) is 25.7. The molecule has 186 valence electrons. The molecule has 1 aliphatic rings. The summed E-state index contributed by atoms with van der Waals surface area (Å²) in [5.41, 5.74) is 7.46. The number of carbonyl (C=O) groups excluding carboxylic acids is 3. The summed E-state index contributed by atoms with van der Waals surface area (Å²) >= 11 is 0. The molecule has 8 heteroatoms. The fourth-order valence-electron chi connectivity index (χ4n) is 5.03. The number of likely N-dealkylation sites (tertiary alicyclic amines) is 1. The number of primary amides is 1. The van der Waals surface area contributed by atoms with Gasteiger partial charge in [0.1, 0.15) is 5.82 Å². The highest BCUT2D eigenvalue weighted by molar-refractivity contribution is 5.91. The van der Waals surface area contributed by atoms with E-state index in [1.807, 2.05) is 49.9 Å². The van der Waals surface area contributed by atoms with E-state index in [4.69, 9.17) is 5.73 Å². The highest BCUT2D eigenvalue weighted by Gasteiger charge is 2.37. The number of H-pyrrole nitrogens is 1. The number of amides is 3. The van der Waals surface area contributed by atoms with Crippen molar-refractivity contribution in [2.24, 2.45) is 23.5 Å². The van der Waals surface area contributed by atoms with Crippen LogP contribution < -0.4 is 11.1 Å². The van der Waals surface area contributed by atoms with E-state index in [9.17, 15) is 14.4 Å². The fraction of sp³-hybridized carbons (Fsp3) is 0.615. The van der Waals surface area contributed by atoms with Crippen LogP contribution in [0.2, 0.25) is 0 Å². The van der Waals surface area contributed by atoms with Gasteiger partial charge in [-0.25, -0.2) is 4.98 Å². The monoisotopic (exact) mass is 469 g/mol. The third kappa shape index (κ3) is 6.15. The quantitative estimate of drug-likeness (QED) is 0.491. The molecule has 1 unspecified atom stereocenters. The summed E-state index contributed by atoms with van der Waals surface area (Å²) in [6.07, 6.45) is 4.38. The van der Waals surface area contributed by atoms with Gasteiger partial charge in [-0.15, -0.1) is 0 Å². The predicted octanol–water partition coefficient (Wildman–Crippen LogP) is 3.69. The lowest BCUT2D eigenvalue weighted by molar-refractivity contribution is -0.142. The van der Waals surface area contributed by atoms with Gasteiger partial charge < -0.3 is 20.9 Å². The van der Waals surface area contributed by atoms with E-state index in [1.54, 1.807) is 0 Å². The number of aromatic amines is 1. The highest BCUT2D eigenvalue weighted by Crippen LogP contribution is 2.28. The summed E-state index contributed by atoms with van der Waals surface area (Å²) < 4.78 is 0. The number of para-hydroxylation sites is 2. The summed E-state index contributed by atoms with van der Waals surface area (Å²) in [5, 5.41) is 2.99. The van der Waals surface area contributed by atoms with Crippen LogP contribution in [0, 0.1) is 17.8 Å². The lowest BCUT2D eigenvalue weighted by Gasteiger charge is -2.37. The Morgan fingerprint density at radius 1 is 1.18 bits per heavy atom. The maximum absolute atomic E-state index is 13.5. The van der Waals surface area contributed by atoms with Gasteiger partial charge in [-0.2, -0.15) is 0 Å². The average molecular weight is 470 g/mol. The van der Waals surface area contributed by atoms with Crippen LogP contribution in [-0.2, 0) is 14.4 Å². The molecular weight excluding hydrogens is 430 g/mol. The Morgan fingerprint density at radius 3 is 2.56 bits per heavy atom. The molecule has 1 fully saturated rings. The second-order valence-corrected chi connectivity index (χ2v) is 9.96. The van der Waals surface area contributed by atoms with Crippen LogP contribution in [0.4, 0.5) is 0 Å². The zero-order chi connectivity index (χ0) is 24.8. The molecule has 1 aromatic heterocycles. The average Bonchev–Trinajstić information content (AvgIpc) is 3.25. The molecule has 2 heterocycles. The molecule has 34 heavy (non-hydrogen) atoms. The molecule has 3 amide bonds. The predicted molar refractivity (Wildman–Crippen MR) is 133 cm³/mol. The Bertz CT molecular complexity index is 968. The summed E-state index contributed by atoms with van der Waals surface area (Å²) in [4.78, 5) is 49.0. The van der Waals surface area contributed by atoms with Crippen molar-refractivity contribution in [1.82, 2.24) is 20.2 Å². The first-order chi connectivity index (χ1) is 16.2. The van der Waals surface area contributed by atoms with Crippen LogP contribution in [-0.4, -0.2) is 45.2 Å². The van der Waals surface area contributed by atoms with Gasteiger partial charge in [0.15, 0.2) is 0 Å². The standard InChI is InChI=1S/C26H39N5O3/c1-5-18-10-8-9-13-31(18)23(32)15-20(19(24(27)33)14-16(2)3)26(34)28-17(4)25-29-21-11-6-7-12-22(21)30-25/h6-7,11-12,16-20H,5,8-10,13-15H2,1-4H3,(H2,27,33)(H,28,34)(H,29,30)/t17-,18-,19?,20-/m0/s1. The normalized spacial score (nSPS) is 19.1. The zero-order valence-corrected chi connectivity index (χ0v) is 20.8. The number of aromatic nitrogens is 2. The fourth-order valence-corrected chi connectivity index (χ4v) is 5.03. The van der Waals surface area contributed by atoms with E-state index in [0.29, 0.717) is 18.8 Å². The van der Waals surface area contributed by atoms with Gasteiger partial charge >= 0.3 is 0 Å². The lowest BCUT2D eigenvalue weighted by Crippen LogP contribution is -2.48. The molecule has 0 bridgehead atoms. The lowest BCUT2D eigenvalue weighted by atomic mass is 9.81. The van der Waals surface area contributed by atoms with Crippen LogP contribution in [0.1, 0.15) is 78.1 Å². The van der Waals surface area contributed by atoms with Crippen LogP contribution in [0.25, 0.3) is 11.0 Å². The second kappa shape index (κ2) is 11.5. The minimum Gasteiger partial charge on any atom is -0.369 e. The van der Waals surface area contributed by atoms with Gasteiger partial charge in [0, 0.05) is 19.0 Å². The molecule has 4 atom stereocenters. The molecule has 2 aromatic rings. The maximum Gasteiger partial charge on any atom is 0.225 e. The molecule has 1 aliphatic heterocycles. The van der Waals surface area contributed by atoms with Gasteiger partial charge in [0.05, 0.1) is 28.9 Å². The van der Waals surface area contributed by atoms with Crippen molar-refractivity contribution in [3.8, 4) is 0 Å². The number of nitrogens with two attached hydrogens (primary N) is 1. The van der Waals surface area contributed by atoms with E-state index >= 15 is 0 Å². The Kier molecular flexibility index (Phi) is 8.69. The summed E-state index contributed by atoms with van der Waals surface area (Å²) in [5.74, 6) is -1.69. The Hall–Kier alpha value is -2.90. The van der Waals surface area contributed by atoms with E-state index in [0.717, 1.165) is 36.7 Å². The van der Waals surface area contributed by atoms with E-state index in [1.165, 1.54) is 0 Å². The number of nitrogens with zero attached hydrogens (tertiary/aromatic N) is 2. The number of fused-ring (bicyclic) bond motifs is 1. The van der Waals surface area contributed by atoms with Gasteiger partial charge in [-0.05, 0) is 57.1 Å². The second-order valence-electron chi connectivity index (χ2n) is 9.96. The van der Waals surface area contributed by atoms with Gasteiger partial charge in [-0.1, -0.05) is 32.9 Å². The minimum atomic E-state index is -0.821. The molecular formula is C26H39N5O3.